The van der Waals surface area contributed by atoms with E-state index in [1.807, 2.05) is 18.2 Å². The van der Waals surface area contributed by atoms with Crippen LogP contribution in [0.5, 0.6) is 0 Å². The molecule has 3 heterocycles. The lowest BCUT2D eigenvalue weighted by Crippen LogP contribution is -2.45. The maximum atomic E-state index is 14.5. The number of aromatic amines is 1. The number of hydrogen-bond donors (Lipinski definition) is 2. The number of morpholine rings is 1. The predicted octanol–water partition coefficient (Wildman–Crippen LogP) is 5.62. The van der Waals surface area contributed by atoms with Gasteiger partial charge in [-0.25, -0.2) is 4.39 Å². The summed E-state index contributed by atoms with van der Waals surface area (Å²) in [6.07, 6.45) is 4.35. The average molecular weight is 497 g/mol. The van der Waals surface area contributed by atoms with Gasteiger partial charge in [0.05, 0.1) is 42.5 Å². The number of carbonyl (C=O) groups is 1. The van der Waals surface area contributed by atoms with Gasteiger partial charge in [-0.2, -0.15) is 5.10 Å². The molecule has 1 saturated carbocycles. The summed E-state index contributed by atoms with van der Waals surface area (Å²) in [5.41, 5.74) is 4.99. The van der Waals surface area contributed by atoms with Crippen molar-refractivity contribution in [1.29, 1.82) is 0 Å². The highest BCUT2D eigenvalue weighted by molar-refractivity contribution is 6.01. The molecule has 0 spiro atoms. The minimum absolute atomic E-state index is 0.202. The quantitative estimate of drug-likeness (QED) is 0.364. The first kappa shape index (κ1) is 22.5. The number of rotatable bonds is 6. The maximum absolute atomic E-state index is 14.5. The van der Waals surface area contributed by atoms with Crippen molar-refractivity contribution in [1.82, 2.24) is 15.5 Å². The molecule has 3 aromatic carbocycles. The van der Waals surface area contributed by atoms with Gasteiger partial charge in [0.15, 0.2) is 0 Å². The fraction of sp³-hybridized carbons (Fsp3) is 0.333. The lowest BCUT2D eigenvalue weighted by molar-refractivity contribution is 0.0906. The number of hydrogen-bond acceptors (Lipinski definition) is 4. The second kappa shape index (κ2) is 8.99. The van der Waals surface area contributed by atoms with Crippen molar-refractivity contribution < 1.29 is 13.9 Å². The molecule has 2 unspecified atom stereocenters. The molecule has 4 aromatic rings. The van der Waals surface area contributed by atoms with Crippen LogP contribution >= 0.6 is 0 Å². The Balaban J connectivity index is 1.15. The van der Waals surface area contributed by atoms with Crippen LogP contribution in [-0.4, -0.2) is 41.4 Å². The summed E-state index contributed by atoms with van der Waals surface area (Å²) in [6, 6.07) is 21.4. The number of anilines is 1. The van der Waals surface area contributed by atoms with Crippen molar-refractivity contribution in [3.63, 3.8) is 0 Å². The molecule has 7 heteroatoms. The molecule has 1 amide bonds. The first-order valence-electron chi connectivity index (χ1n) is 13.2. The predicted molar refractivity (Wildman–Crippen MR) is 141 cm³/mol. The van der Waals surface area contributed by atoms with Crippen LogP contribution in [0, 0.1) is 11.7 Å². The van der Waals surface area contributed by atoms with Crippen molar-refractivity contribution in [3.8, 4) is 11.3 Å². The Bertz CT molecular complexity index is 1450. The molecule has 37 heavy (non-hydrogen) atoms. The number of fused-ring (bicyclic) bond motifs is 3. The van der Waals surface area contributed by atoms with E-state index in [2.05, 4.69) is 44.7 Å². The number of H-pyrrole nitrogens is 1. The number of nitrogens with one attached hydrogen (secondary N) is 2. The van der Waals surface area contributed by atoms with Gasteiger partial charge in [-0.1, -0.05) is 30.3 Å². The standard InChI is InChI=1S/C30H29FN4O2/c31-26-4-2-1-3-24(26)28(18-5-6-18)32-30(36)20-9-14-27-25(15-20)29(34-33-27)19-7-10-21(11-8-19)35-22-12-13-23(35)17-37-16-22/h1-4,7-11,14-15,18,22-23,28H,5-6,12-13,16-17H2,(H,32,36)(H,33,34)/t22?,23?,28-/m1/s1. The largest absolute Gasteiger partial charge is 0.377 e. The summed E-state index contributed by atoms with van der Waals surface area (Å²) in [7, 11) is 0. The second-order valence-electron chi connectivity index (χ2n) is 10.5. The van der Waals surface area contributed by atoms with Gasteiger partial charge in [0.2, 0.25) is 0 Å². The average Bonchev–Trinajstić information content (AvgIpc) is 3.63. The van der Waals surface area contributed by atoms with E-state index >= 15 is 0 Å². The van der Waals surface area contributed by atoms with E-state index in [4.69, 9.17) is 4.74 Å². The van der Waals surface area contributed by atoms with Crippen molar-refractivity contribution in [2.45, 2.75) is 43.8 Å². The van der Waals surface area contributed by atoms with E-state index in [1.165, 1.54) is 24.6 Å². The number of ether oxygens (including phenoxy) is 1. The third-order valence-corrected chi connectivity index (χ3v) is 8.12. The van der Waals surface area contributed by atoms with Crippen LogP contribution in [0.2, 0.25) is 0 Å². The van der Waals surface area contributed by atoms with E-state index in [9.17, 15) is 9.18 Å². The van der Waals surface area contributed by atoms with Crippen LogP contribution in [0.3, 0.4) is 0 Å². The van der Waals surface area contributed by atoms with Crippen molar-refractivity contribution in [2.24, 2.45) is 5.92 Å². The molecule has 1 aliphatic carbocycles. The van der Waals surface area contributed by atoms with Gasteiger partial charge in [0.25, 0.3) is 5.91 Å². The van der Waals surface area contributed by atoms with Gasteiger partial charge >= 0.3 is 0 Å². The van der Waals surface area contributed by atoms with Gasteiger partial charge in [-0.05, 0) is 68.0 Å². The van der Waals surface area contributed by atoms with E-state index < -0.39 is 0 Å². The number of amides is 1. The summed E-state index contributed by atoms with van der Waals surface area (Å²) >= 11 is 0. The number of carbonyl (C=O) groups excluding carboxylic acids is 1. The minimum atomic E-state index is -0.323. The Hall–Kier alpha value is -3.71. The van der Waals surface area contributed by atoms with Crippen LogP contribution in [0.4, 0.5) is 10.1 Å². The number of benzene rings is 3. The van der Waals surface area contributed by atoms with E-state index in [0.717, 1.165) is 48.2 Å². The molecule has 0 radical (unpaired) electrons. The Morgan fingerprint density at radius 2 is 1.76 bits per heavy atom. The van der Waals surface area contributed by atoms with Crippen molar-refractivity contribution in [2.75, 3.05) is 18.1 Å². The number of halogens is 1. The Morgan fingerprint density at radius 1 is 1.00 bits per heavy atom. The fourth-order valence-electron chi connectivity index (χ4n) is 6.05. The normalized spacial score (nSPS) is 21.8. The Kier molecular flexibility index (Phi) is 5.47. The monoisotopic (exact) mass is 496 g/mol. The van der Waals surface area contributed by atoms with Crippen LogP contribution in [0.25, 0.3) is 22.2 Å². The molecule has 3 fully saturated rings. The molecule has 2 saturated heterocycles. The fourth-order valence-corrected chi connectivity index (χ4v) is 6.05. The molecular formula is C30H29FN4O2. The first-order chi connectivity index (χ1) is 18.2. The Morgan fingerprint density at radius 3 is 2.49 bits per heavy atom. The highest BCUT2D eigenvalue weighted by atomic mass is 19.1. The molecule has 3 aliphatic rings. The highest BCUT2D eigenvalue weighted by Crippen LogP contribution is 2.42. The van der Waals surface area contributed by atoms with Crippen LogP contribution in [0.1, 0.15) is 47.6 Å². The van der Waals surface area contributed by atoms with Crippen molar-refractivity contribution in [3.05, 3.63) is 83.7 Å². The summed E-state index contributed by atoms with van der Waals surface area (Å²) in [4.78, 5) is 15.8. The topological polar surface area (TPSA) is 70.2 Å². The van der Waals surface area contributed by atoms with E-state index in [1.54, 1.807) is 18.2 Å². The molecule has 6 nitrogen and oxygen atoms in total. The molecule has 1 aromatic heterocycles. The number of nitrogens with zero attached hydrogens (tertiary/aromatic N) is 2. The van der Waals surface area contributed by atoms with E-state index in [0.29, 0.717) is 23.2 Å². The number of aromatic nitrogens is 2. The molecule has 2 bridgehead atoms. The second-order valence-corrected chi connectivity index (χ2v) is 10.5. The van der Waals surface area contributed by atoms with Gasteiger partial charge in [0.1, 0.15) is 5.82 Å². The van der Waals surface area contributed by atoms with Gasteiger partial charge in [0, 0.05) is 27.8 Å². The third kappa shape index (κ3) is 4.07. The lowest BCUT2D eigenvalue weighted by Gasteiger charge is -2.36. The molecule has 2 N–H and O–H groups in total. The third-order valence-electron chi connectivity index (χ3n) is 8.12. The molecular weight excluding hydrogens is 467 g/mol. The summed E-state index contributed by atoms with van der Waals surface area (Å²) in [6.45, 7) is 1.59. The van der Waals surface area contributed by atoms with E-state index in [-0.39, 0.29) is 23.7 Å². The van der Waals surface area contributed by atoms with Crippen LogP contribution in [0.15, 0.2) is 66.7 Å². The van der Waals surface area contributed by atoms with Crippen molar-refractivity contribution >= 4 is 22.5 Å². The van der Waals surface area contributed by atoms with Gasteiger partial charge in [-0.3, -0.25) is 9.89 Å². The first-order valence-corrected chi connectivity index (χ1v) is 13.2. The zero-order valence-electron chi connectivity index (χ0n) is 20.5. The molecule has 2 aliphatic heterocycles. The summed E-state index contributed by atoms with van der Waals surface area (Å²) in [5.74, 6) is -0.206. The SMILES string of the molecule is O=C(N[C@@H](c1ccccc1F)C1CC1)c1ccc2[nH]nc(-c3ccc(N4C5CCC4COC5)cc3)c2c1. The smallest absolute Gasteiger partial charge is 0.251 e. The minimum Gasteiger partial charge on any atom is -0.377 e. The van der Waals surface area contributed by atoms with Crippen LogP contribution < -0.4 is 10.2 Å². The highest BCUT2D eigenvalue weighted by Gasteiger charge is 2.37. The van der Waals surface area contributed by atoms with Gasteiger partial charge < -0.3 is 15.0 Å². The zero-order valence-corrected chi connectivity index (χ0v) is 20.5. The molecule has 188 valence electrons. The molecule has 7 rings (SSSR count). The maximum Gasteiger partial charge on any atom is 0.251 e. The lowest BCUT2D eigenvalue weighted by atomic mass is 10.0. The van der Waals surface area contributed by atoms with Crippen LogP contribution in [-0.2, 0) is 4.74 Å². The summed E-state index contributed by atoms with van der Waals surface area (Å²) < 4.78 is 20.2. The van der Waals surface area contributed by atoms with Gasteiger partial charge in [-0.15, -0.1) is 0 Å². The molecule has 3 atom stereocenters. The Labute approximate surface area is 214 Å². The summed E-state index contributed by atoms with van der Waals surface area (Å²) in [5, 5.41) is 11.7. The zero-order chi connectivity index (χ0) is 24.9.